The monoisotopic (exact) mass is 944 g/mol. The number of carbonyl (C=O) groups excluding carboxylic acids is 1. The molecule has 3 aromatic carbocycles. The predicted molar refractivity (Wildman–Crippen MR) is 266 cm³/mol. The zero-order valence-corrected chi connectivity index (χ0v) is 41.1. The second kappa shape index (κ2) is 18.9. The molecule has 5 heterocycles. The first-order chi connectivity index (χ1) is 31.7. The van der Waals surface area contributed by atoms with Crippen molar-refractivity contribution in [2.45, 2.75) is 108 Å². The Morgan fingerprint density at radius 2 is 1.76 bits per heavy atom. The fourth-order valence-electron chi connectivity index (χ4n) is 9.31. The van der Waals surface area contributed by atoms with Crippen molar-refractivity contribution in [2.75, 3.05) is 26.2 Å². The molecule has 4 N–H and O–H groups in total. The number of aromatic nitrogens is 4. The number of hydrogen-bond donors (Lipinski definition) is 4. The number of esters is 1. The Hall–Kier alpha value is -5.00. The first kappa shape index (κ1) is 46.1. The number of aryl methyl sites for hydroxylation is 2. The van der Waals surface area contributed by atoms with Crippen molar-refractivity contribution in [1.82, 2.24) is 30.2 Å². The van der Waals surface area contributed by atoms with Crippen LogP contribution in [0.15, 0.2) is 95.1 Å². The van der Waals surface area contributed by atoms with Crippen LogP contribution in [0.1, 0.15) is 84.6 Å². The van der Waals surface area contributed by atoms with Crippen molar-refractivity contribution in [3.8, 4) is 16.2 Å². The third-order valence-corrected chi connectivity index (χ3v) is 20.7. The number of carbonyl (C=O) groups is 1. The number of fused-ring (bicyclic) bond motifs is 4. The molecule has 9 rings (SSSR count). The fraction of sp³-hybridized carbons (Fsp3) is 0.412. The zero-order chi connectivity index (χ0) is 46.2. The van der Waals surface area contributed by atoms with Gasteiger partial charge in [0.15, 0.2) is 8.32 Å². The number of likely N-dealkylation sites (tertiary alicyclic amines) is 1. The molecule has 0 spiro atoms. The number of phenols is 1. The Morgan fingerprint density at radius 3 is 2.52 bits per heavy atom. The average molecular weight is 945 g/mol. The Kier molecular flexibility index (Phi) is 13.2. The van der Waals surface area contributed by atoms with Crippen molar-refractivity contribution in [3.05, 3.63) is 133 Å². The van der Waals surface area contributed by atoms with Crippen LogP contribution in [-0.4, -0.2) is 81.7 Å². The van der Waals surface area contributed by atoms with Crippen LogP contribution in [0.3, 0.4) is 0 Å². The Bertz CT molecular complexity index is 2880. The average Bonchev–Trinajstić information content (AvgIpc) is 4.15. The topological polar surface area (TPSA) is 155 Å². The summed E-state index contributed by atoms with van der Waals surface area (Å²) >= 11 is 2.78. The maximum absolute atomic E-state index is 13.9. The van der Waals surface area contributed by atoms with E-state index in [9.17, 15) is 19.8 Å². The summed E-state index contributed by atoms with van der Waals surface area (Å²) in [5.41, 5.74) is 6.29. The largest absolute Gasteiger partial charge is 0.506 e. The van der Waals surface area contributed by atoms with Gasteiger partial charge in [0.1, 0.15) is 17.4 Å². The number of nitrogens with one attached hydrogen (secondary N) is 2. The third-order valence-electron chi connectivity index (χ3n) is 14.0. The number of pyridine rings is 1. The number of benzene rings is 3. The maximum atomic E-state index is 13.9. The van der Waals surface area contributed by atoms with Crippen LogP contribution in [0, 0.1) is 0 Å². The minimum atomic E-state index is -2.23. The molecule has 0 bridgehead atoms. The van der Waals surface area contributed by atoms with Gasteiger partial charge in [-0.25, -0.2) is 9.48 Å². The normalized spacial score (nSPS) is 16.5. The molecule has 346 valence electrons. The van der Waals surface area contributed by atoms with E-state index in [2.05, 4.69) is 70.1 Å². The van der Waals surface area contributed by atoms with E-state index in [1.54, 1.807) is 18.2 Å². The molecule has 7 aromatic rings. The zero-order valence-electron chi connectivity index (χ0n) is 38.4. The van der Waals surface area contributed by atoms with Gasteiger partial charge in [0.05, 0.1) is 26.9 Å². The van der Waals surface area contributed by atoms with Gasteiger partial charge in [-0.3, -0.25) is 4.79 Å². The first-order valence-electron chi connectivity index (χ1n) is 23.2. The van der Waals surface area contributed by atoms with Gasteiger partial charge in [0.2, 0.25) is 11.2 Å². The SMILES string of the molecule is CC(C)(C)[Si](C)(C)OC(CNCc1cc2nnn(CCCN3CCC(OC(=O)[C@@](O)(c4cccs4)c4ccc(-c5ccccc5)s4)CC3)c2c2c1CCC2)c1ccc(O)c2[nH]c(=O)ccc12. The summed E-state index contributed by atoms with van der Waals surface area (Å²) in [6, 6.07) is 26.5. The molecular weight excluding hydrogens is 885 g/mol. The van der Waals surface area contributed by atoms with Gasteiger partial charge in [0.25, 0.3) is 0 Å². The summed E-state index contributed by atoms with van der Waals surface area (Å²) in [7, 11) is -2.23. The molecule has 0 saturated carbocycles. The molecule has 12 nitrogen and oxygen atoms in total. The summed E-state index contributed by atoms with van der Waals surface area (Å²) in [5.74, 6) is -0.576. The Morgan fingerprint density at radius 1 is 0.970 bits per heavy atom. The van der Waals surface area contributed by atoms with Gasteiger partial charge < -0.3 is 34.6 Å². The lowest BCUT2D eigenvalue weighted by atomic mass is 9.99. The number of aliphatic hydroxyl groups is 1. The van der Waals surface area contributed by atoms with E-state index in [1.165, 1.54) is 45.4 Å². The number of rotatable bonds is 16. The number of thiophene rings is 2. The molecule has 4 aromatic heterocycles. The highest BCUT2D eigenvalue weighted by Gasteiger charge is 2.45. The number of nitrogens with zero attached hydrogens (tertiary/aromatic N) is 4. The Labute approximate surface area is 394 Å². The van der Waals surface area contributed by atoms with Gasteiger partial charge in [0, 0.05) is 49.1 Å². The number of aromatic amines is 1. The highest BCUT2D eigenvalue weighted by Crippen LogP contribution is 2.43. The van der Waals surface area contributed by atoms with E-state index in [-0.39, 0.29) is 28.6 Å². The van der Waals surface area contributed by atoms with Crippen molar-refractivity contribution in [1.29, 1.82) is 0 Å². The highest BCUT2D eigenvalue weighted by atomic mass is 32.1. The molecule has 0 radical (unpaired) electrons. The standard InChI is InChI=1S/C51H60N6O6S2Si/c1-50(2,3)66(4,5)63-42(37-17-19-41(58)47-38(37)18-22-46(59)53-47)32-52-31-34-30-40-48(39-15-9-14-36(34)39)57(55-54-40)26-11-25-56-27-23-35(24-28-56)62-49(60)51(61,44-16-10-29-64-44)45-21-20-43(65-45)33-12-7-6-8-13-33/h6-8,10,12-13,16-22,29-30,35,42,52,58,61H,9,11,14-15,23-28,31-32H2,1-5H3,(H,53,59)/t42?,51-/m1/s1. The van der Waals surface area contributed by atoms with Crippen LogP contribution >= 0.6 is 22.7 Å². The van der Waals surface area contributed by atoms with Crippen LogP contribution in [0.25, 0.3) is 32.4 Å². The number of ether oxygens (including phenoxy) is 1. The molecule has 2 aliphatic rings. The van der Waals surface area contributed by atoms with E-state index >= 15 is 0 Å². The van der Waals surface area contributed by atoms with E-state index in [0.717, 1.165) is 84.3 Å². The molecule has 1 unspecified atom stereocenters. The fourth-order valence-corrected chi connectivity index (χ4v) is 12.6. The number of H-pyrrole nitrogens is 1. The number of piperidine rings is 1. The van der Waals surface area contributed by atoms with Gasteiger partial charge in [-0.05, 0) is 133 Å². The van der Waals surface area contributed by atoms with E-state index in [4.69, 9.17) is 9.16 Å². The second-order valence-electron chi connectivity index (χ2n) is 19.3. The summed E-state index contributed by atoms with van der Waals surface area (Å²) in [4.78, 5) is 33.5. The van der Waals surface area contributed by atoms with Crippen LogP contribution in [0.5, 0.6) is 5.75 Å². The maximum Gasteiger partial charge on any atom is 0.349 e. The minimum absolute atomic E-state index is 0.0174. The molecular formula is C51H60N6O6S2Si. The second-order valence-corrected chi connectivity index (χ2v) is 26.1. The predicted octanol–water partition coefficient (Wildman–Crippen LogP) is 9.44. The van der Waals surface area contributed by atoms with Crippen molar-refractivity contribution in [3.63, 3.8) is 0 Å². The summed E-state index contributed by atoms with van der Waals surface area (Å²) in [6.07, 6.45) is 4.85. The number of hydrogen-bond acceptors (Lipinski definition) is 12. The van der Waals surface area contributed by atoms with Gasteiger partial charge in [-0.15, -0.1) is 27.8 Å². The quantitative estimate of drug-likeness (QED) is 0.0544. The molecule has 2 atom stereocenters. The summed E-state index contributed by atoms with van der Waals surface area (Å²) in [5, 5.41) is 38.5. The van der Waals surface area contributed by atoms with Crippen LogP contribution in [-0.2, 0) is 45.5 Å². The number of phenolic OH excluding ortho intramolecular Hbond substituents is 1. The van der Waals surface area contributed by atoms with E-state index in [0.29, 0.717) is 41.2 Å². The smallest absolute Gasteiger partial charge is 0.349 e. The van der Waals surface area contributed by atoms with E-state index < -0.39 is 19.9 Å². The third kappa shape index (κ3) is 9.31. The lowest BCUT2D eigenvalue weighted by molar-refractivity contribution is -0.169. The molecule has 1 aliphatic heterocycles. The van der Waals surface area contributed by atoms with Gasteiger partial charge >= 0.3 is 5.97 Å². The van der Waals surface area contributed by atoms with Crippen molar-refractivity contribution in [2.24, 2.45) is 0 Å². The highest BCUT2D eigenvalue weighted by molar-refractivity contribution is 7.16. The van der Waals surface area contributed by atoms with Crippen molar-refractivity contribution >= 4 is 58.9 Å². The van der Waals surface area contributed by atoms with Crippen LogP contribution in [0.4, 0.5) is 0 Å². The lowest BCUT2D eigenvalue weighted by Crippen LogP contribution is -2.43. The summed E-state index contributed by atoms with van der Waals surface area (Å²) < 4.78 is 15.3. The lowest BCUT2D eigenvalue weighted by Gasteiger charge is -2.39. The Balaban J connectivity index is 0.821. The first-order valence-corrected chi connectivity index (χ1v) is 27.8. The molecule has 1 saturated heterocycles. The van der Waals surface area contributed by atoms with Crippen LogP contribution < -0.4 is 10.9 Å². The summed E-state index contributed by atoms with van der Waals surface area (Å²) in [6.45, 7) is 15.7. The molecule has 0 amide bonds. The molecule has 1 fully saturated rings. The van der Waals surface area contributed by atoms with Crippen molar-refractivity contribution < 1.29 is 24.2 Å². The molecule has 15 heteroatoms. The van der Waals surface area contributed by atoms with Gasteiger partial charge in [-0.1, -0.05) is 68.4 Å². The van der Waals surface area contributed by atoms with Gasteiger partial charge in [-0.2, -0.15) is 0 Å². The molecule has 66 heavy (non-hydrogen) atoms. The minimum Gasteiger partial charge on any atom is -0.506 e. The molecule has 1 aliphatic carbocycles. The van der Waals surface area contributed by atoms with Crippen LogP contribution in [0.2, 0.25) is 18.1 Å². The number of aromatic hydroxyl groups is 1. The van der Waals surface area contributed by atoms with E-state index in [1.807, 2.05) is 60.0 Å².